The fourth-order valence-electron chi connectivity index (χ4n) is 15.8. The first-order valence-corrected chi connectivity index (χ1v) is 62.7. The van der Waals surface area contributed by atoms with Crippen molar-refractivity contribution in [1.82, 2.24) is 87.6 Å². The fourth-order valence-corrected chi connectivity index (χ4v) is 26.1. The Hall–Kier alpha value is -8.10. The van der Waals surface area contributed by atoms with E-state index in [1.165, 1.54) is 45.0 Å². The Morgan fingerprint density at radius 3 is 1.18 bits per heavy atom. The molecule has 2 heterocycles. The highest BCUT2D eigenvalue weighted by molar-refractivity contribution is 7.90. The third-order valence-electron chi connectivity index (χ3n) is 22.7. The number of rotatable bonds is 64. The van der Waals surface area contributed by atoms with E-state index in [-0.39, 0.29) is 127 Å². The minimum Gasteiger partial charge on any atom is -0.481 e. The molecule has 0 saturated carbocycles. The Balaban J connectivity index is 2.84. The number of aliphatic hydroxyl groups is 1. The molecule has 856 valence electrons. The van der Waals surface area contributed by atoms with Crippen LogP contribution in [0.15, 0.2) is 24.3 Å². The summed E-state index contributed by atoms with van der Waals surface area (Å²) >= 11 is 0. The van der Waals surface area contributed by atoms with Gasteiger partial charge >= 0.3 is 5.97 Å². The van der Waals surface area contributed by atoms with Crippen molar-refractivity contribution >= 4 is 151 Å². The van der Waals surface area contributed by atoms with Gasteiger partial charge in [0, 0.05) is 145 Å². The molecule has 2 aliphatic heterocycles. The second-order valence-electron chi connectivity index (χ2n) is 38.3. The summed E-state index contributed by atoms with van der Waals surface area (Å²) in [5, 5.41) is 46.2. The van der Waals surface area contributed by atoms with Gasteiger partial charge in [0.15, 0.2) is 0 Å². The number of fused-ring (bicyclic) bond motifs is 26. The Labute approximate surface area is 873 Å². The second kappa shape index (κ2) is 66.8. The van der Waals surface area contributed by atoms with Crippen molar-refractivity contribution in [3.8, 4) is 0 Å². The van der Waals surface area contributed by atoms with Crippen LogP contribution in [0.25, 0.3) is 0 Å². The standard InChI is InChI=1S/C86H164N24O30S8/c1-62(2)59-146(135,136)106(42-65(7)95-77(114)54-110(148(139,140)61-64(5)6)49-75(58-111)96-66(8)112)55-81(118)101-73(24-14-19-35-89)47-108(145(133,134)41-37-91)56-82(119)99-71-26-16-21-39-94-86(124)68-29-27-67(28-30-68)85(123)93-38-20-15-25-70(98-79(116)52-103(141(9,125)126)43-69(22-12-17-33-87)97-78(115)51-104(45-71)142(10,127)128)44-105(143(11,129)130)53-80(117)102-74(31-32-84(121)122)48-109(147(137,138)60-63(3)4)57-83(120)100-72(23-13-18-34-88)46-107(50-76(92)113)144(131,132)40-36-90/h27-30,62-65,69-75,111H,12-26,31-61,87-91H2,1-11H3,(H2,92,113)(H,93,123)(H,94,124)(H,95,114)(H,96,112)(H,97,115)(H,98,116)(H,99,119)(H,100,120)(H,101,118)(H,102,117)(H,121,122)/t65-,69-,70-,71-,72-,73-,74-,75+/m1/s1. The van der Waals surface area contributed by atoms with Crippen molar-refractivity contribution in [3.63, 3.8) is 0 Å². The molecule has 2 aliphatic rings. The molecular weight excluding hydrogens is 2110 g/mol. The third-order valence-corrected chi connectivity index (χ3v) is 36.4. The Kier molecular flexibility index (Phi) is 61.3. The number of carbonyl (C=O) groups excluding carboxylic acids is 11. The molecule has 24 N–H and O–H groups in total. The number of nitrogens with two attached hydrogens (primary N) is 6. The number of sulfonamides is 8. The van der Waals surface area contributed by atoms with E-state index < -0.39 is 377 Å². The van der Waals surface area contributed by atoms with Crippen LogP contribution in [0.3, 0.4) is 0 Å². The summed E-state index contributed by atoms with van der Waals surface area (Å²) in [5.74, 6) is -16.3. The summed E-state index contributed by atoms with van der Waals surface area (Å²) in [6.45, 7) is -2.70. The van der Waals surface area contributed by atoms with Gasteiger partial charge in [0.05, 0.1) is 113 Å². The van der Waals surface area contributed by atoms with Crippen molar-refractivity contribution in [2.45, 2.75) is 213 Å². The zero-order valence-corrected chi connectivity index (χ0v) is 93.4. The zero-order valence-electron chi connectivity index (χ0n) is 86.8. The number of aliphatic hydroxyl groups excluding tert-OH is 1. The molecule has 0 spiro atoms. The SMILES string of the molecule is CC(=O)N[C@H](CO)CN(CC(=O)N[C@H](C)CN(CC(=O)N[C@H](CCCCN)CN(CC(=O)N[C@@H]1CCCCNC(=O)c2ccc(cc2)C(=O)NCCCC[C@H](CN(CC(=O)N[C@H](CCC(=O)O)CN(CC(=O)N[C@H](CCCCN)CN(CC(N)=O)S(=O)(=O)CCN)S(=O)(=O)CC(C)C)S(C)(=O)=O)NC(=O)CN(S(C)(=O)=O)C[C@@H](CCCCN)NC(=O)CN(S(C)(=O)=O)C1)S(=O)(=O)CCN)S(=O)(=O)CC(C)C)S(=O)(=O)CC(C)C. The van der Waals surface area contributed by atoms with Gasteiger partial charge in [-0.1, -0.05) is 60.8 Å². The van der Waals surface area contributed by atoms with Gasteiger partial charge in [-0.3, -0.25) is 57.5 Å². The molecule has 0 unspecified atom stereocenters. The number of carboxylic acid groups (broad SMARTS) is 1. The van der Waals surface area contributed by atoms with Crippen molar-refractivity contribution in [2.24, 2.45) is 52.2 Å². The lowest BCUT2D eigenvalue weighted by molar-refractivity contribution is -0.137. The summed E-state index contributed by atoms with van der Waals surface area (Å²) in [5.41, 5.74) is 34.5. The van der Waals surface area contributed by atoms with Gasteiger partial charge in [-0.05, 0) is 152 Å². The van der Waals surface area contributed by atoms with E-state index in [4.69, 9.17) is 34.4 Å². The highest BCUT2D eigenvalue weighted by atomic mass is 32.2. The maximum atomic E-state index is 14.8. The van der Waals surface area contributed by atoms with Crippen LogP contribution < -0.4 is 87.6 Å². The van der Waals surface area contributed by atoms with Crippen LogP contribution >= 0.6 is 0 Å². The number of carbonyl (C=O) groups is 12. The average Bonchev–Trinajstić information content (AvgIpc) is 0.858. The van der Waals surface area contributed by atoms with Crippen LogP contribution in [0, 0.1) is 17.8 Å². The predicted octanol–water partition coefficient (Wildman–Crippen LogP) is -8.02. The van der Waals surface area contributed by atoms with E-state index in [9.17, 15) is 135 Å². The summed E-state index contributed by atoms with van der Waals surface area (Å²) in [7, 11) is -35.8. The first-order valence-electron chi connectivity index (χ1n) is 49.1. The molecule has 3 rings (SSSR count). The number of amides is 11. The van der Waals surface area contributed by atoms with E-state index in [1.807, 2.05) is 0 Å². The van der Waals surface area contributed by atoms with Crippen molar-refractivity contribution in [1.29, 1.82) is 0 Å². The number of nitrogens with zero attached hydrogens (tertiary/aromatic N) is 8. The molecule has 0 fully saturated rings. The molecule has 0 aliphatic carbocycles. The molecule has 0 saturated heterocycles. The molecule has 0 radical (unpaired) electrons. The van der Waals surface area contributed by atoms with Crippen LogP contribution in [0.5, 0.6) is 0 Å². The molecule has 54 nitrogen and oxygen atoms in total. The monoisotopic (exact) mass is 2270 g/mol. The van der Waals surface area contributed by atoms with Crippen molar-refractivity contribution < 1.29 is 135 Å². The molecule has 2 bridgehead atoms. The number of hydrogen-bond acceptors (Lipinski definition) is 34. The van der Waals surface area contributed by atoms with Crippen molar-refractivity contribution in [2.75, 3.05) is 205 Å². The lowest BCUT2D eigenvalue weighted by Gasteiger charge is -2.31. The van der Waals surface area contributed by atoms with Crippen LogP contribution in [0.1, 0.15) is 185 Å². The van der Waals surface area contributed by atoms with Crippen LogP contribution in [-0.2, 0) is 128 Å². The van der Waals surface area contributed by atoms with Gasteiger partial charge in [0.2, 0.25) is 133 Å². The van der Waals surface area contributed by atoms with Gasteiger partial charge in [-0.2, -0.15) is 34.4 Å². The summed E-state index contributed by atoms with van der Waals surface area (Å²) in [4.78, 5) is 165. The number of aliphatic carboxylic acids is 1. The van der Waals surface area contributed by atoms with Gasteiger partial charge in [-0.25, -0.2) is 67.3 Å². The van der Waals surface area contributed by atoms with Crippen LogP contribution in [0.4, 0.5) is 0 Å². The topological polar surface area (TPSA) is 821 Å². The maximum Gasteiger partial charge on any atom is 0.303 e. The van der Waals surface area contributed by atoms with Crippen molar-refractivity contribution in [3.05, 3.63) is 35.4 Å². The predicted molar refractivity (Wildman–Crippen MR) is 556 cm³/mol. The minimum absolute atomic E-state index is 0.0442. The molecule has 0 aromatic heterocycles. The number of benzene rings is 1. The van der Waals surface area contributed by atoms with E-state index in [0.29, 0.717) is 47.0 Å². The molecule has 8 atom stereocenters. The average molecular weight is 2270 g/mol. The second-order valence-corrected chi connectivity index (χ2v) is 54.5. The number of unbranched alkanes of at least 4 members (excludes halogenated alkanes) is 3. The normalized spacial score (nSPS) is 17.6. The third kappa shape index (κ3) is 56.0. The molecular formula is C86H164N24O30S8. The number of nitrogens with one attached hydrogen (secondary N) is 10. The molecule has 148 heavy (non-hydrogen) atoms. The summed E-state index contributed by atoms with van der Waals surface area (Å²) in [6.07, 6.45) is 2.37. The molecule has 11 amide bonds. The quantitative estimate of drug-likeness (QED) is 0.0213. The van der Waals surface area contributed by atoms with Gasteiger partial charge in [0.1, 0.15) is 0 Å². The van der Waals surface area contributed by atoms with Gasteiger partial charge < -0.3 is 97.8 Å². The smallest absolute Gasteiger partial charge is 0.303 e. The van der Waals surface area contributed by atoms with E-state index in [1.54, 1.807) is 27.7 Å². The first-order chi connectivity index (χ1) is 68.7. The zero-order chi connectivity index (χ0) is 112. The van der Waals surface area contributed by atoms with Crippen LogP contribution in [-0.4, -0.2) is 436 Å². The largest absolute Gasteiger partial charge is 0.481 e. The van der Waals surface area contributed by atoms with Gasteiger partial charge in [-0.15, -0.1) is 0 Å². The highest BCUT2D eigenvalue weighted by Gasteiger charge is 2.39. The summed E-state index contributed by atoms with van der Waals surface area (Å²) < 4.78 is 229. The summed E-state index contributed by atoms with van der Waals surface area (Å²) in [6, 6.07) is -4.76. The Morgan fingerprint density at radius 2 is 0.797 bits per heavy atom. The van der Waals surface area contributed by atoms with E-state index in [0.717, 1.165) is 32.4 Å². The van der Waals surface area contributed by atoms with E-state index in [2.05, 4.69) is 53.2 Å². The molecule has 1 aromatic carbocycles. The number of hydrogen-bond donors (Lipinski definition) is 18. The lowest BCUT2D eigenvalue weighted by atomic mass is 10.1. The van der Waals surface area contributed by atoms with Gasteiger partial charge in [0.25, 0.3) is 11.8 Å². The Bertz CT molecular complexity index is 5400. The fraction of sp³-hybridized carbons (Fsp3) is 0.791. The first kappa shape index (κ1) is 136. The van der Waals surface area contributed by atoms with Crippen LogP contribution in [0.2, 0.25) is 0 Å². The highest BCUT2D eigenvalue weighted by Crippen LogP contribution is 2.21. The Morgan fingerprint density at radius 1 is 0.432 bits per heavy atom. The van der Waals surface area contributed by atoms with E-state index >= 15 is 0 Å². The number of carboxylic acids is 1. The number of primary amides is 1. The minimum atomic E-state index is -4.63. The lowest BCUT2D eigenvalue weighted by Crippen LogP contribution is -2.55. The molecule has 62 heteroatoms. The maximum absolute atomic E-state index is 14.8. The molecule has 1 aromatic rings.